The number of alkyl halides is 3. The number of halogens is 3. The fraction of sp³-hybridized carbons (Fsp3) is 0.263. The first-order chi connectivity index (χ1) is 14.1. The minimum Gasteiger partial charge on any atom is -0.494 e. The third kappa shape index (κ3) is 4.34. The fourth-order valence-electron chi connectivity index (χ4n) is 3.14. The van der Waals surface area contributed by atoms with Gasteiger partial charge in [0.2, 0.25) is 11.8 Å². The van der Waals surface area contributed by atoms with Crippen LogP contribution in [0.4, 0.5) is 30.2 Å². The second-order valence-corrected chi connectivity index (χ2v) is 6.59. The van der Waals surface area contributed by atoms with Gasteiger partial charge < -0.3 is 15.0 Å². The van der Waals surface area contributed by atoms with Crippen molar-refractivity contribution in [3.63, 3.8) is 0 Å². The molecule has 8 nitrogen and oxygen atoms in total. The van der Waals surface area contributed by atoms with Crippen LogP contribution in [-0.4, -0.2) is 30.4 Å². The lowest BCUT2D eigenvalue weighted by Gasteiger charge is -2.19. The number of amides is 2. The third-order valence-electron chi connectivity index (χ3n) is 4.62. The monoisotopic (exact) mass is 423 g/mol. The molecule has 0 bridgehead atoms. The van der Waals surface area contributed by atoms with Crippen LogP contribution in [0.2, 0.25) is 0 Å². The molecule has 2 aromatic carbocycles. The Labute approximate surface area is 168 Å². The molecule has 2 amide bonds. The SMILES string of the molecule is COc1cc([N+](=O)[O-])ccc1N1C[C@@H](C(=O)Nc2cccc(C(F)(F)F)c2)CC1=O. The topological polar surface area (TPSA) is 102 Å². The number of ether oxygens (including phenoxy) is 1. The lowest BCUT2D eigenvalue weighted by atomic mass is 10.1. The van der Waals surface area contributed by atoms with E-state index in [0.717, 1.165) is 12.1 Å². The molecular formula is C19H16F3N3O5. The number of non-ortho nitro benzene ring substituents is 1. The van der Waals surface area contributed by atoms with Crippen LogP contribution in [-0.2, 0) is 15.8 Å². The molecule has 2 aromatic rings. The summed E-state index contributed by atoms with van der Waals surface area (Å²) in [6, 6.07) is 7.91. The standard InChI is InChI=1S/C19H16F3N3O5/c1-30-16-9-14(25(28)29)5-6-15(16)24-10-11(7-17(24)26)18(27)23-13-4-2-3-12(8-13)19(20,21)22/h2-6,8-9,11H,7,10H2,1H3,(H,23,27)/t11-/m0/s1. The van der Waals surface area contributed by atoms with Gasteiger partial charge in [-0.1, -0.05) is 6.07 Å². The maximum Gasteiger partial charge on any atom is 0.416 e. The van der Waals surface area contributed by atoms with Crippen molar-refractivity contribution in [3.05, 3.63) is 58.1 Å². The smallest absolute Gasteiger partial charge is 0.416 e. The highest BCUT2D eigenvalue weighted by atomic mass is 19.4. The maximum absolute atomic E-state index is 12.8. The van der Waals surface area contributed by atoms with Gasteiger partial charge in [0.15, 0.2) is 0 Å². The number of carbonyl (C=O) groups is 2. The van der Waals surface area contributed by atoms with E-state index in [0.29, 0.717) is 0 Å². The number of nitrogens with one attached hydrogen (secondary N) is 1. The molecule has 0 aromatic heterocycles. The van der Waals surface area contributed by atoms with Gasteiger partial charge in [0.25, 0.3) is 5.69 Å². The summed E-state index contributed by atoms with van der Waals surface area (Å²) in [5.74, 6) is -1.74. The van der Waals surface area contributed by atoms with Crippen molar-refractivity contribution < 1.29 is 32.4 Å². The molecule has 1 aliphatic rings. The van der Waals surface area contributed by atoms with Gasteiger partial charge in [-0.3, -0.25) is 19.7 Å². The molecule has 158 valence electrons. The van der Waals surface area contributed by atoms with Crippen molar-refractivity contribution in [3.8, 4) is 5.75 Å². The van der Waals surface area contributed by atoms with E-state index in [2.05, 4.69) is 5.32 Å². The molecule has 0 spiro atoms. The number of nitro groups is 1. The fourth-order valence-corrected chi connectivity index (χ4v) is 3.14. The summed E-state index contributed by atoms with van der Waals surface area (Å²) in [6.07, 6.45) is -4.71. The van der Waals surface area contributed by atoms with Gasteiger partial charge in [0, 0.05) is 24.7 Å². The normalized spacial score (nSPS) is 16.5. The molecule has 11 heteroatoms. The van der Waals surface area contributed by atoms with Crippen LogP contribution in [0.3, 0.4) is 0 Å². The van der Waals surface area contributed by atoms with E-state index >= 15 is 0 Å². The molecule has 1 atom stereocenters. The zero-order valence-electron chi connectivity index (χ0n) is 15.6. The number of methoxy groups -OCH3 is 1. The second-order valence-electron chi connectivity index (χ2n) is 6.59. The van der Waals surface area contributed by atoms with E-state index in [-0.39, 0.29) is 35.8 Å². The number of hydrogen-bond acceptors (Lipinski definition) is 5. The quantitative estimate of drug-likeness (QED) is 0.585. The zero-order valence-corrected chi connectivity index (χ0v) is 15.6. The Bertz CT molecular complexity index is 1010. The highest BCUT2D eigenvalue weighted by molar-refractivity contribution is 6.04. The van der Waals surface area contributed by atoms with Gasteiger partial charge in [-0.2, -0.15) is 13.2 Å². The number of benzene rings is 2. The highest BCUT2D eigenvalue weighted by Gasteiger charge is 2.37. The molecule has 1 N–H and O–H groups in total. The van der Waals surface area contributed by atoms with Crippen LogP contribution in [0.5, 0.6) is 5.75 Å². The first kappa shape index (κ1) is 21.1. The lowest BCUT2D eigenvalue weighted by Crippen LogP contribution is -2.28. The number of anilines is 2. The van der Waals surface area contributed by atoms with Crippen LogP contribution >= 0.6 is 0 Å². The van der Waals surface area contributed by atoms with Gasteiger partial charge in [-0.05, 0) is 24.3 Å². The predicted molar refractivity (Wildman–Crippen MR) is 100 cm³/mol. The van der Waals surface area contributed by atoms with E-state index in [1.807, 2.05) is 0 Å². The summed E-state index contributed by atoms with van der Waals surface area (Å²) < 4.78 is 43.6. The number of carbonyl (C=O) groups excluding carboxylic acids is 2. The van der Waals surface area contributed by atoms with Gasteiger partial charge in [0.1, 0.15) is 5.75 Å². The van der Waals surface area contributed by atoms with Crippen molar-refractivity contribution in [1.29, 1.82) is 0 Å². The molecule has 0 saturated carbocycles. The first-order valence-corrected chi connectivity index (χ1v) is 8.71. The van der Waals surface area contributed by atoms with E-state index in [1.54, 1.807) is 0 Å². The van der Waals surface area contributed by atoms with E-state index < -0.39 is 34.4 Å². The molecule has 1 aliphatic heterocycles. The Kier molecular flexibility index (Phi) is 5.63. The van der Waals surface area contributed by atoms with Crippen LogP contribution in [0.15, 0.2) is 42.5 Å². The second kappa shape index (κ2) is 8.01. The number of rotatable bonds is 5. The number of nitrogens with zero attached hydrogens (tertiary/aromatic N) is 2. The van der Waals surface area contributed by atoms with Gasteiger partial charge in [-0.15, -0.1) is 0 Å². The molecule has 0 radical (unpaired) electrons. The largest absolute Gasteiger partial charge is 0.494 e. The highest BCUT2D eigenvalue weighted by Crippen LogP contribution is 2.36. The van der Waals surface area contributed by atoms with E-state index in [4.69, 9.17) is 4.74 Å². The van der Waals surface area contributed by atoms with Gasteiger partial charge in [-0.25, -0.2) is 0 Å². The van der Waals surface area contributed by atoms with Crippen LogP contribution < -0.4 is 15.0 Å². The van der Waals surface area contributed by atoms with Crippen LogP contribution in [0.1, 0.15) is 12.0 Å². The molecule has 1 heterocycles. The van der Waals surface area contributed by atoms with E-state index in [1.165, 1.54) is 42.3 Å². The summed E-state index contributed by atoms with van der Waals surface area (Å²) in [4.78, 5) is 36.5. The molecule has 3 rings (SSSR count). The molecule has 0 unspecified atom stereocenters. The summed E-state index contributed by atoms with van der Waals surface area (Å²) in [7, 11) is 1.29. The van der Waals surface area contributed by atoms with Crippen molar-refractivity contribution in [2.45, 2.75) is 12.6 Å². The van der Waals surface area contributed by atoms with Crippen molar-refractivity contribution in [2.75, 3.05) is 23.9 Å². The average molecular weight is 423 g/mol. The Morgan fingerprint density at radius 1 is 1.27 bits per heavy atom. The zero-order chi connectivity index (χ0) is 22.1. The summed E-state index contributed by atoms with van der Waals surface area (Å²) in [5, 5.41) is 13.3. The maximum atomic E-state index is 12.8. The Morgan fingerprint density at radius 2 is 2.00 bits per heavy atom. The molecule has 1 saturated heterocycles. The molecule has 0 aliphatic carbocycles. The summed E-state index contributed by atoms with van der Waals surface area (Å²) in [6.45, 7) is -0.0439. The first-order valence-electron chi connectivity index (χ1n) is 8.71. The van der Waals surface area contributed by atoms with Gasteiger partial charge >= 0.3 is 6.18 Å². The molecule has 1 fully saturated rings. The number of nitro benzene ring substituents is 1. The van der Waals surface area contributed by atoms with Gasteiger partial charge in [0.05, 0.1) is 35.3 Å². The Hall–Kier alpha value is -3.63. The van der Waals surface area contributed by atoms with Crippen molar-refractivity contribution in [2.24, 2.45) is 5.92 Å². The van der Waals surface area contributed by atoms with Crippen LogP contribution in [0, 0.1) is 16.0 Å². The lowest BCUT2D eigenvalue weighted by molar-refractivity contribution is -0.384. The summed E-state index contributed by atoms with van der Waals surface area (Å²) in [5.41, 5.74) is -0.891. The molecular weight excluding hydrogens is 407 g/mol. The Morgan fingerprint density at radius 3 is 2.63 bits per heavy atom. The molecule has 30 heavy (non-hydrogen) atoms. The predicted octanol–water partition coefficient (Wildman–Crippen LogP) is 3.61. The average Bonchev–Trinajstić information content (AvgIpc) is 3.08. The van der Waals surface area contributed by atoms with E-state index in [9.17, 15) is 32.9 Å². The summed E-state index contributed by atoms with van der Waals surface area (Å²) >= 11 is 0. The van der Waals surface area contributed by atoms with Crippen molar-refractivity contribution in [1.82, 2.24) is 0 Å². The third-order valence-corrected chi connectivity index (χ3v) is 4.62. The Balaban J connectivity index is 1.76. The minimum atomic E-state index is -4.55. The van der Waals surface area contributed by atoms with Crippen molar-refractivity contribution >= 4 is 28.9 Å². The van der Waals surface area contributed by atoms with Crippen LogP contribution in [0.25, 0.3) is 0 Å². The minimum absolute atomic E-state index is 0.0337. The number of hydrogen-bond donors (Lipinski definition) is 1.